The number of benzene rings is 3. The average Bonchev–Trinajstić information content (AvgIpc) is 2.70. The summed E-state index contributed by atoms with van der Waals surface area (Å²) in [7, 11) is 0. The van der Waals surface area contributed by atoms with E-state index in [2.05, 4.69) is 10.5 Å². The van der Waals surface area contributed by atoms with Gasteiger partial charge in [0, 0.05) is 5.02 Å². The molecule has 0 unspecified atom stereocenters. The maximum absolute atomic E-state index is 11.9. The number of halogens is 1. The molecule has 0 aromatic heterocycles. The molecule has 0 aliphatic rings. The molecule has 0 fully saturated rings. The van der Waals surface area contributed by atoms with Crippen molar-refractivity contribution in [3.63, 3.8) is 0 Å². The predicted octanol–water partition coefficient (Wildman–Crippen LogP) is 4.32. The number of ether oxygens (including phenoxy) is 1. The van der Waals surface area contributed by atoms with Crippen molar-refractivity contribution in [2.45, 2.75) is 13.0 Å². The second kappa shape index (κ2) is 9.58. The Kier molecular flexibility index (Phi) is 6.65. The standard InChI is InChI=1S/C22H19ClN2O3/c23-19-8-4-17(5-9-19)15-28-21-3-1-2-18(12-21)14-24-25-22(27)13-16-6-10-20(26)11-7-16/h1-12,14,26H,13,15H2,(H,25,27)/b24-14-. The van der Waals surface area contributed by atoms with Gasteiger partial charge in [0.1, 0.15) is 18.1 Å². The number of carbonyl (C=O) groups excluding carboxylic acids is 1. The van der Waals surface area contributed by atoms with Crippen LogP contribution in [0.15, 0.2) is 77.9 Å². The summed E-state index contributed by atoms with van der Waals surface area (Å²) >= 11 is 5.88. The van der Waals surface area contributed by atoms with Crippen LogP contribution in [0.4, 0.5) is 0 Å². The van der Waals surface area contributed by atoms with Crippen LogP contribution in [-0.2, 0) is 17.8 Å². The third-order valence-corrected chi connectivity index (χ3v) is 4.13. The molecule has 2 N–H and O–H groups in total. The van der Waals surface area contributed by atoms with Gasteiger partial charge in [-0.1, -0.05) is 48.0 Å². The van der Waals surface area contributed by atoms with E-state index in [4.69, 9.17) is 16.3 Å². The zero-order valence-electron chi connectivity index (χ0n) is 15.0. The van der Waals surface area contributed by atoms with E-state index in [1.165, 1.54) is 0 Å². The molecule has 0 aliphatic carbocycles. The van der Waals surface area contributed by atoms with E-state index >= 15 is 0 Å². The van der Waals surface area contributed by atoms with Crippen molar-refractivity contribution in [1.29, 1.82) is 0 Å². The Balaban J connectivity index is 1.51. The Morgan fingerprint density at radius 2 is 1.75 bits per heavy atom. The van der Waals surface area contributed by atoms with Crippen molar-refractivity contribution in [1.82, 2.24) is 5.43 Å². The zero-order valence-corrected chi connectivity index (χ0v) is 15.8. The lowest BCUT2D eigenvalue weighted by atomic mass is 10.1. The van der Waals surface area contributed by atoms with Crippen LogP contribution < -0.4 is 10.2 Å². The molecule has 0 aliphatic heterocycles. The second-order valence-electron chi connectivity index (χ2n) is 6.12. The van der Waals surface area contributed by atoms with Crippen LogP contribution in [0.25, 0.3) is 0 Å². The summed E-state index contributed by atoms with van der Waals surface area (Å²) in [5.74, 6) is 0.631. The Morgan fingerprint density at radius 1 is 1.04 bits per heavy atom. The van der Waals surface area contributed by atoms with Crippen LogP contribution >= 0.6 is 11.6 Å². The number of hydrogen-bond acceptors (Lipinski definition) is 4. The number of hydrazone groups is 1. The average molecular weight is 395 g/mol. The summed E-state index contributed by atoms with van der Waals surface area (Å²) in [5, 5.41) is 13.9. The van der Waals surface area contributed by atoms with Gasteiger partial charge in [0.05, 0.1) is 12.6 Å². The van der Waals surface area contributed by atoms with Crippen molar-refractivity contribution >= 4 is 23.7 Å². The molecular weight excluding hydrogens is 376 g/mol. The molecule has 0 saturated carbocycles. The minimum absolute atomic E-state index is 0.167. The van der Waals surface area contributed by atoms with Crippen LogP contribution in [0.3, 0.4) is 0 Å². The first-order valence-corrected chi connectivity index (χ1v) is 9.03. The molecule has 142 valence electrons. The lowest BCUT2D eigenvalue weighted by Crippen LogP contribution is -2.19. The quantitative estimate of drug-likeness (QED) is 0.463. The molecule has 0 atom stereocenters. The summed E-state index contributed by atoms with van der Waals surface area (Å²) in [5.41, 5.74) is 5.11. The fourth-order valence-electron chi connectivity index (χ4n) is 2.45. The van der Waals surface area contributed by atoms with E-state index in [0.29, 0.717) is 17.4 Å². The number of aromatic hydroxyl groups is 1. The van der Waals surface area contributed by atoms with Gasteiger partial charge in [0.2, 0.25) is 5.91 Å². The highest BCUT2D eigenvalue weighted by molar-refractivity contribution is 6.30. The van der Waals surface area contributed by atoms with Gasteiger partial charge in [-0.3, -0.25) is 4.79 Å². The van der Waals surface area contributed by atoms with Gasteiger partial charge < -0.3 is 9.84 Å². The topological polar surface area (TPSA) is 70.9 Å². The number of rotatable bonds is 7. The molecule has 6 heteroatoms. The molecule has 0 bridgehead atoms. The van der Waals surface area contributed by atoms with Gasteiger partial charge in [-0.15, -0.1) is 0 Å². The molecule has 0 spiro atoms. The summed E-state index contributed by atoms with van der Waals surface area (Å²) in [6.45, 7) is 0.432. The van der Waals surface area contributed by atoms with E-state index in [1.54, 1.807) is 30.5 Å². The third-order valence-electron chi connectivity index (χ3n) is 3.88. The molecule has 0 saturated heterocycles. The number of carbonyl (C=O) groups is 1. The van der Waals surface area contributed by atoms with Gasteiger partial charge in [-0.2, -0.15) is 5.10 Å². The first-order valence-electron chi connectivity index (χ1n) is 8.65. The normalized spacial score (nSPS) is 10.8. The van der Waals surface area contributed by atoms with Gasteiger partial charge >= 0.3 is 0 Å². The Labute approximate surface area is 168 Å². The van der Waals surface area contributed by atoms with E-state index in [1.807, 2.05) is 48.5 Å². The highest BCUT2D eigenvalue weighted by atomic mass is 35.5. The van der Waals surface area contributed by atoms with E-state index < -0.39 is 0 Å². The Hall–Kier alpha value is -3.31. The van der Waals surface area contributed by atoms with E-state index in [9.17, 15) is 9.90 Å². The summed E-state index contributed by atoms with van der Waals surface area (Å²) in [4.78, 5) is 11.9. The number of phenolic OH excluding ortho intramolecular Hbond substituents is 1. The van der Waals surface area contributed by atoms with Gasteiger partial charge in [0.25, 0.3) is 0 Å². The van der Waals surface area contributed by atoms with Crippen molar-refractivity contribution in [2.75, 3.05) is 0 Å². The van der Waals surface area contributed by atoms with E-state index in [0.717, 1.165) is 16.7 Å². The molecule has 3 aromatic rings. The summed E-state index contributed by atoms with van der Waals surface area (Å²) in [6, 6.07) is 21.4. The SMILES string of the molecule is O=C(Cc1ccc(O)cc1)N/N=C\c1cccc(OCc2ccc(Cl)cc2)c1. The fourth-order valence-corrected chi connectivity index (χ4v) is 2.58. The molecular formula is C22H19ClN2O3. The van der Waals surface area contributed by atoms with Crippen molar-refractivity contribution in [2.24, 2.45) is 5.10 Å². The minimum Gasteiger partial charge on any atom is -0.508 e. The van der Waals surface area contributed by atoms with Gasteiger partial charge in [0.15, 0.2) is 0 Å². The van der Waals surface area contributed by atoms with E-state index in [-0.39, 0.29) is 18.1 Å². The lowest BCUT2D eigenvalue weighted by Gasteiger charge is -2.07. The number of hydrogen-bond donors (Lipinski definition) is 2. The largest absolute Gasteiger partial charge is 0.508 e. The zero-order chi connectivity index (χ0) is 19.8. The van der Waals surface area contributed by atoms with Crippen LogP contribution in [0.2, 0.25) is 5.02 Å². The molecule has 0 heterocycles. The minimum atomic E-state index is -0.239. The molecule has 1 amide bonds. The van der Waals surface area contributed by atoms with Crippen molar-refractivity contribution in [3.05, 3.63) is 94.5 Å². The lowest BCUT2D eigenvalue weighted by molar-refractivity contribution is -0.120. The molecule has 5 nitrogen and oxygen atoms in total. The number of phenols is 1. The monoisotopic (exact) mass is 394 g/mol. The second-order valence-corrected chi connectivity index (χ2v) is 6.56. The van der Waals surface area contributed by atoms with Crippen molar-refractivity contribution in [3.8, 4) is 11.5 Å². The number of nitrogens with zero attached hydrogens (tertiary/aromatic N) is 1. The third kappa shape index (κ3) is 6.14. The number of nitrogens with one attached hydrogen (secondary N) is 1. The van der Waals surface area contributed by atoms with Gasteiger partial charge in [-0.05, 0) is 53.1 Å². The predicted molar refractivity (Wildman–Crippen MR) is 110 cm³/mol. The summed E-state index contributed by atoms with van der Waals surface area (Å²) in [6.07, 6.45) is 1.74. The smallest absolute Gasteiger partial charge is 0.244 e. The highest BCUT2D eigenvalue weighted by Gasteiger charge is 2.02. The fraction of sp³-hybridized carbons (Fsp3) is 0.0909. The van der Waals surface area contributed by atoms with Crippen molar-refractivity contribution < 1.29 is 14.6 Å². The van der Waals surface area contributed by atoms with Crippen LogP contribution in [-0.4, -0.2) is 17.2 Å². The summed E-state index contributed by atoms with van der Waals surface area (Å²) < 4.78 is 5.78. The van der Waals surface area contributed by atoms with Gasteiger partial charge in [-0.25, -0.2) is 5.43 Å². The molecule has 0 radical (unpaired) electrons. The Bertz CT molecular complexity index is 954. The first-order chi connectivity index (χ1) is 13.6. The maximum atomic E-state index is 11.9. The highest BCUT2D eigenvalue weighted by Crippen LogP contribution is 2.16. The molecule has 3 rings (SSSR count). The number of amides is 1. The van der Waals surface area contributed by atoms with Crippen LogP contribution in [0.1, 0.15) is 16.7 Å². The van der Waals surface area contributed by atoms with Crippen LogP contribution in [0.5, 0.6) is 11.5 Å². The maximum Gasteiger partial charge on any atom is 0.244 e. The molecule has 28 heavy (non-hydrogen) atoms. The first kappa shape index (κ1) is 19.5. The molecule has 3 aromatic carbocycles. The Morgan fingerprint density at radius 3 is 2.50 bits per heavy atom. The van der Waals surface area contributed by atoms with Crippen LogP contribution in [0, 0.1) is 0 Å².